The van der Waals surface area contributed by atoms with E-state index in [-0.39, 0.29) is 11.7 Å². The lowest BCUT2D eigenvalue weighted by Crippen LogP contribution is -2.14. The average Bonchev–Trinajstić information content (AvgIpc) is 3.07. The normalized spacial score (nSPS) is 11.0. The molecule has 0 aliphatic heterocycles. The predicted molar refractivity (Wildman–Crippen MR) is 121 cm³/mol. The molecule has 0 unspecified atom stereocenters. The highest BCUT2D eigenvalue weighted by atomic mass is 35.5. The number of hydrogen-bond donors (Lipinski definition) is 1. The second-order valence-electron chi connectivity index (χ2n) is 6.76. The zero-order valence-corrected chi connectivity index (χ0v) is 17.5. The van der Waals surface area contributed by atoms with Crippen LogP contribution in [0.1, 0.15) is 11.1 Å². The first-order valence-corrected chi connectivity index (χ1v) is 10.6. The number of benzene rings is 3. The summed E-state index contributed by atoms with van der Waals surface area (Å²) in [7, 11) is 0. The van der Waals surface area contributed by atoms with Crippen LogP contribution in [0.3, 0.4) is 0 Å². The Balaban J connectivity index is 1.52. The van der Waals surface area contributed by atoms with Gasteiger partial charge >= 0.3 is 0 Å². The summed E-state index contributed by atoms with van der Waals surface area (Å²) in [6, 6.07) is 23.8. The van der Waals surface area contributed by atoms with Crippen LogP contribution in [0.25, 0.3) is 11.0 Å². The lowest BCUT2D eigenvalue weighted by molar-refractivity contribution is -0.113. The SMILES string of the molecule is Cc1ccc(NC(=O)CSc2nc3ccccc3n2Cc2ccccc2)cc1Cl. The van der Waals surface area contributed by atoms with E-state index in [4.69, 9.17) is 16.6 Å². The van der Waals surface area contributed by atoms with E-state index in [1.807, 2.05) is 55.5 Å². The molecular formula is C23H20ClN3OS. The van der Waals surface area contributed by atoms with E-state index < -0.39 is 0 Å². The summed E-state index contributed by atoms with van der Waals surface area (Å²) in [4.78, 5) is 17.2. The minimum Gasteiger partial charge on any atom is -0.325 e. The van der Waals surface area contributed by atoms with Crippen molar-refractivity contribution in [2.45, 2.75) is 18.6 Å². The molecule has 0 radical (unpaired) electrons. The van der Waals surface area contributed by atoms with Gasteiger partial charge in [0.1, 0.15) is 0 Å². The van der Waals surface area contributed by atoms with E-state index in [0.29, 0.717) is 17.3 Å². The van der Waals surface area contributed by atoms with Crippen LogP contribution in [-0.2, 0) is 11.3 Å². The summed E-state index contributed by atoms with van der Waals surface area (Å²) in [6.45, 7) is 2.64. The molecule has 4 nitrogen and oxygen atoms in total. The first kappa shape index (κ1) is 19.6. The van der Waals surface area contributed by atoms with E-state index in [9.17, 15) is 4.79 Å². The summed E-state index contributed by atoms with van der Waals surface area (Å²) in [6.07, 6.45) is 0. The highest BCUT2D eigenvalue weighted by Crippen LogP contribution is 2.26. The number of thioether (sulfide) groups is 1. The fourth-order valence-electron chi connectivity index (χ4n) is 3.08. The van der Waals surface area contributed by atoms with E-state index in [2.05, 4.69) is 28.1 Å². The lowest BCUT2D eigenvalue weighted by Gasteiger charge is -2.10. The Hall–Kier alpha value is -2.76. The quantitative estimate of drug-likeness (QED) is 0.401. The average molecular weight is 422 g/mol. The first-order valence-electron chi connectivity index (χ1n) is 9.28. The largest absolute Gasteiger partial charge is 0.325 e. The van der Waals surface area contributed by atoms with Crippen molar-refractivity contribution in [1.82, 2.24) is 9.55 Å². The predicted octanol–water partition coefficient (Wildman–Crippen LogP) is 5.78. The summed E-state index contributed by atoms with van der Waals surface area (Å²) in [5.74, 6) is 0.178. The minimum absolute atomic E-state index is 0.0896. The van der Waals surface area contributed by atoms with Crippen LogP contribution in [0, 0.1) is 6.92 Å². The van der Waals surface area contributed by atoms with Gasteiger partial charge < -0.3 is 9.88 Å². The molecule has 1 heterocycles. The second kappa shape index (κ2) is 8.72. The van der Waals surface area contributed by atoms with Gasteiger partial charge in [0.05, 0.1) is 23.3 Å². The molecule has 1 aromatic heterocycles. The molecule has 0 aliphatic carbocycles. The molecular weight excluding hydrogens is 402 g/mol. The van der Waals surface area contributed by atoms with Crippen molar-refractivity contribution in [3.63, 3.8) is 0 Å². The maximum atomic E-state index is 12.5. The fraction of sp³-hybridized carbons (Fsp3) is 0.130. The number of carbonyl (C=O) groups excluding carboxylic acids is 1. The smallest absolute Gasteiger partial charge is 0.234 e. The Morgan fingerprint density at radius 2 is 1.83 bits per heavy atom. The topological polar surface area (TPSA) is 46.9 Å². The number of imidazole rings is 1. The number of rotatable bonds is 6. The number of carbonyl (C=O) groups is 1. The number of anilines is 1. The van der Waals surface area contributed by atoms with Crippen LogP contribution in [0.4, 0.5) is 5.69 Å². The molecule has 29 heavy (non-hydrogen) atoms. The summed E-state index contributed by atoms with van der Waals surface area (Å²) in [5.41, 5.74) is 4.86. The maximum absolute atomic E-state index is 12.5. The second-order valence-corrected chi connectivity index (χ2v) is 8.11. The summed E-state index contributed by atoms with van der Waals surface area (Å²) >= 11 is 7.58. The van der Waals surface area contributed by atoms with Crippen LogP contribution in [0.2, 0.25) is 5.02 Å². The number of fused-ring (bicyclic) bond motifs is 1. The van der Waals surface area contributed by atoms with E-state index >= 15 is 0 Å². The Labute approximate surface area is 178 Å². The van der Waals surface area contributed by atoms with E-state index in [1.54, 1.807) is 6.07 Å². The Bertz CT molecular complexity index is 1160. The third-order valence-electron chi connectivity index (χ3n) is 4.59. The van der Waals surface area contributed by atoms with Gasteiger partial charge in [-0.1, -0.05) is 71.9 Å². The Morgan fingerprint density at radius 3 is 2.62 bits per heavy atom. The van der Waals surface area contributed by atoms with Crippen LogP contribution < -0.4 is 5.32 Å². The number of nitrogens with zero attached hydrogens (tertiary/aromatic N) is 2. The fourth-order valence-corrected chi connectivity index (χ4v) is 4.07. The van der Waals surface area contributed by atoms with Crippen LogP contribution in [0.5, 0.6) is 0 Å². The number of para-hydroxylation sites is 2. The molecule has 0 saturated heterocycles. The van der Waals surface area contributed by atoms with Crippen molar-refractivity contribution >= 4 is 46.0 Å². The monoisotopic (exact) mass is 421 g/mol. The first-order chi connectivity index (χ1) is 14.1. The van der Waals surface area contributed by atoms with Crippen molar-refractivity contribution < 1.29 is 4.79 Å². The van der Waals surface area contributed by atoms with E-state index in [1.165, 1.54) is 17.3 Å². The highest BCUT2D eigenvalue weighted by Gasteiger charge is 2.13. The molecule has 0 fully saturated rings. The number of aryl methyl sites for hydroxylation is 1. The van der Waals surface area contributed by atoms with Gasteiger partial charge in [-0.3, -0.25) is 4.79 Å². The molecule has 0 saturated carbocycles. The molecule has 4 aromatic rings. The van der Waals surface area contributed by atoms with Gasteiger partial charge in [0, 0.05) is 10.7 Å². The van der Waals surface area contributed by atoms with Crippen molar-refractivity contribution in [1.29, 1.82) is 0 Å². The number of hydrogen-bond acceptors (Lipinski definition) is 3. The molecule has 0 spiro atoms. The van der Waals surface area contributed by atoms with Crippen molar-refractivity contribution in [3.05, 3.63) is 88.9 Å². The molecule has 6 heteroatoms. The molecule has 1 amide bonds. The molecule has 0 aliphatic rings. The van der Waals surface area contributed by atoms with E-state index in [0.717, 1.165) is 21.8 Å². The highest BCUT2D eigenvalue weighted by molar-refractivity contribution is 7.99. The van der Waals surface area contributed by atoms with Gasteiger partial charge in [0.2, 0.25) is 5.91 Å². The summed E-state index contributed by atoms with van der Waals surface area (Å²) < 4.78 is 2.16. The zero-order valence-electron chi connectivity index (χ0n) is 15.9. The third kappa shape index (κ3) is 4.63. The Kier molecular flexibility index (Phi) is 5.88. The Morgan fingerprint density at radius 1 is 1.07 bits per heavy atom. The molecule has 1 N–H and O–H groups in total. The molecule has 3 aromatic carbocycles. The number of halogens is 1. The standard InChI is InChI=1S/C23H20ClN3OS/c1-16-11-12-18(13-19(16)24)25-22(28)15-29-23-26-20-9-5-6-10-21(20)27(23)14-17-7-3-2-4-8-17/h2-13H,14-15H2,1H3,(H,25,28). The molecule has 146 valence electrons. The summed E-state index contributed by atoms with van der Waals surface area (Å²) in [5, 5.41) is 4.37. The molecule has 0 bridgehead atoms. The van der Waals surface area contributed by atoms with Crippen molar-refractivity contribution in [2.75, 3.05) is 11.1 Å². The zero-order chi connectivity index (χ0) is 20.2. The molecule has 4 rings (SSSR count). The van der Waals surface area contributed by atoms with Gasteiger partial charge in [-0.25, -0.2) is 4.98 Å². The van der Waals surface area contributed by atoms with Crippen molar-refractivity contribution in [3.8, 4) is 0 Å². The minimum atomic E-state index is -0.0896. The third-order valence-corrected chi connectivity index (χ3v) is 5.97. The van der Waals surface area contributed by atoms with Crippen LogP contribution >= 0.6 is 23.4 Å². The number of amides is 1. The maximum Gasteiger partial charge on any atom is 0.234 e. The van der Waals surface area contributed by atoms with Gasteiger partial charge in [-0.15, -0.1) is 0 Å². The van der Waals surface area contributed by atoms with Gasteiger partial charge in [-0.05, 0) is 42.3 Å². The van der Waals surface area contributed by atoms with Crippen LogP contribution in [0.15, 0.2) is 78.0 Å². The molecule has 0 atom stereocenters. The number of nitrogens with one attached hydrogen (secondary N) is 1. The van der Waals surface area contributed by atoms with Gasteiger partial charge in [-0.2, -0.15) is 0 Å². The lowest BCUT2D eigenvalue weighted by atomic mass is 10.2. The van der Waals surface area contributed by atoms with Crippen LogP contribution in [-0.4, -0.2) is 21.2 Å². The number of aromatic nitrogens is 2. The van der Waals surface area contributed by atoms with Crippen molar-refractivity contribution in [2.24, 2.45) is 0 Å². The van der Waals surface area contributed by atoms with Gasteiger partial charge in [0.15, 0.2) is 5.16 Å². The van der Waals surface area contributed by atoms with Gasteiger partial charge in [0.25, 0.3) is 0 Å².